The van der Waals surface area contributed by atoms with Crippen LogP contribution in [0, 0.1) is 25.7 Å². The van der Waals surface area contributed by atoms with E-state index < -0.39 is 17.8 Å². The molecular weight excluding hydrogens is 278 g/mol. The number of aryl methyl sites for hydroxylation is 2. The maximum absolute atomic E-state index is 12.5. The molecule has 2 rings (SSSR count). The third kappa shape index (κ3) is 3.56. The van der Waals surface area contributed by atoms with Crippen LogP contribution in [0.5, 0.6) is 0 Å². The lowest BCUT2D eigenvalue weighted by Gasteiger charge is -2.26. The van der Waals surface area contributed by atoms with Gasteiger partial charge in [-0.1, -0.05) is 35.9 Å². The van der Waals surface area contributed by atoms with Gasteiger partial charge in [-0.25, -0.2) is 0 Å². The Morgan fingerprint density at radius 2 is 1.82 bits per heavy atom. The number of aliphatic carboxylic acids is 1. The molecule has 1 aromatic rings. The molecule has 0 spiro atoms. The van der Waals surface area contributed by atoms with Gasteiger partial charge in [0.25, 0.3) is 0 Å². The van der Waals surface area contributed by atoms with E-state index >= 15 is 0 Å². The van der Waals surface area contributed by atoms with E-state index in [1.807, 2.05) is 45.1 Å². The second kappa shape index (κ2) is 6.77. The number of hydrogen-bond acceptors (Lipinski definition) is 2. The fourth-order valence-corrected chi connectivity index (χ4v) is 3.00. The summed E-state index contributed by atoms with van der Waals surface area (Å²) in [6.07, 6.45) is 4.65. The smallest absolute Gasteiger partial charge is 0.307 e. The summed E-state index contributed by atoms with van der Waals surface area (Å²) in [7, 11) is 0. The lowest BCUT2D eigenvalue weighted by Crippen LogP contribution is -2.39. The van der Waals surface area contributed by atoms with Crippen LogP contribution < -0.4 is 5.32 Å². The van der Waals surface area contributed by atoms with Crippen molar-refractivity contribution in [2.75, 3.05) is 0 Å². The van der Waals surface area contributed by atoms with E-state index in [-0.39, 0.29) is 11.9 Å². The van der Waals surface area contributed by atoms with Crippen molar-refractivity contribution in [1.29, 1.82) is 0 Å². The van der Waals surface area contributed by atoms with Crippen LogP contribution in [0.3, 0.4) is 0 Å². The Kier molecular flexibility index (Phi) is 5.01. The number of hydrogen-bond donors (Lipinski definition) is 2. The Morgan fingerprint density at radius 1 is 1.18 bits per heavy atom. The molecule has 4 heteroatoms. The van der Waals surface area contributed by atoms with Gasteiger partial charge in [0, 0.05) is 0 Å². The van der Waals surface area contributed by atoms with Crippen molar-refractivity contribution in [2.24, 2.45) is 11.8 Å². The van der Waals surface area contributed by atoms with Gasteiger partial charge >= 0.3 is 5.97 Å². The SMILES string of the molecule is Cc1ccc(C)c([C@@H](C)NC(=O)[C@@H]2CC=CC[C@@H]2C(=O)O)c1. The molecule has 1 amide bonds. The molecule has 0 aliphatic heterocycles. The van der Waals surface area contributed by atoms with Crippen LogP contribution in [0.2, 0.25) is 0 Å². The van der Waals surface area contributed by atoms with Crippen LogP contribution in [0.15, 0.2) is 30.4 Å². The highest BCUT2D eigenvalue weighted by Crippen LogP contribution is 2.27. The van der Waals surface area contributed by atoms with Crippen LogP contribution in [-0.2, 0) is 9.59 Å². The quantitative estimate of drug-likeness (QED) is 0.840. The van der Waals surface area contributed by atoms with Gasteiger partial charge in [-0.3, -0.25) is 9.59 Å². The molecule has 118 valence electrons. The number of allylic oxidation sites excluding steroid dienone is 2. The lowest BCUT2D eigenvalue weighted by atomic mass is 9.82. The second-order valence-electron chi connectivity index (χ2n) is 6.08. The van der Waals surface area contributed by atoms with Crippen molar-refractivity contribution < 1.29 is 14.7 Å². The summed E-state index contributed by atoms with van der Waals surface area (Å²) in [6.45, 7) is 5.97. The Morgan fingerprint density at radius 3 is 2.45 bits per heavy atom. The van der Waals surface area contributed by atoms with Crippen LogP contribution >= 0.6 is 0 Å². The van der Waals surface area contributed by atoms with Gasteiger partial charge < -0.3 is 10.4 Å². The van der Waals surface area contributed by atoms with Gasteiger partial charge in [0.1, 0.15) is 0 Å². The number of amides is 1. The average molecular weight is 301 g/mol. The fourth-order valence-electron chi connectivity index (χ4n) is 3.00. The minimum absolute atomic E-state index is 0.132. The molecule has 1 aliphatic rings. The molecule has 2 N–H and O–H groups in total. The van der Waals surface area contributed by atoms with Gasteiger partial charge in [0.2, 0.25) is 5.91 Å². The molecule has 0 heterocycles. The van der Waals surface area contributed by atoms with Crippen molar-refractivity contribution in [3.63, 3.8) is 0 Å². The van der Waals surface area contributed by atoms with Crippen LogP contribution in [0.4, 0.5) is 0 Å². The average Bonchev–Trinajstić information content (AvgIpc) is 2.49. The molecule has 0 fully saturated rings. The summed E-state index contributed by atoms with van der Waals surface area (Å²) in [6, 6.07) is 6.01. The molecule has 0 bridgehead atoms. The highest BCUT2D eigenvalue weighted by molar-refractivity contribution is 5.85. The largest absolute Gasteiger partial charge is 0.481 e. The van der Waals surface area contributed by atoms with E-state index in [9.17, 15) is 14.7 Å². The fraction of sp³-hybridized carbons (Fsp3) is 0.444. The number of carboxylic acid groups (broad SMARTS) is 1. The third-order valence-corrected chi connectivity index (χ3v) is 4.35. The first-order valence-corrected chi connectivity index (χ1v) is 7.65. The zero-order valence-electron chi connectivity index (χ0n) is 13.3. The van der Waals surface area contributed by atoms with Gasteiger partial charge in [0.05, 0.1) is 17.9 Å². The van der Waals surface area contributed by atoms with Gasteiger partial charge in [-0.2, -0.15) is 0 Å². The Bertz CT molecular complexity index is 606. The first-order chi connectivity index (χ1) is 10.4. The molecule has 0 radical (unpaired) electrons. The first kappa shape index (κ1) is 16.3. The van der Waals surface area contributed by atoms with Crippen molar-refractivity contribution in [1.82, 2.24) is 5.32 Å². The predicted octanol–water partition coefficient (Wildman–Crippen LogP) is 3.15. The molecular formula is C18H23NO3. The van der Waals surface area contributed by atoms with E-state index in [0.29, 0.717) is 12.8 Å². The molecule has 1 aliphatic carbocycles. The van der Waals surface area contributed by atoms with Crippen LogP contribution in [0.25, 0.3) is 0 Å². The standard InChI is InChI=1S/C18H23NO3/c1-11-8-9-12(2)16(10-11)13(3)19-17(20)14-6-4-5-7-15(14)18(21)22/h4-5,8-10,13-15H,6-7H2,1-3H3,(H,19,20)(H,21,22)/t13-,14-,15+/m1/s1. The second-order valence-corrected chi connectivity index (χ2v) is 6.08. The molecule has 3 atom stereocenters. The Hall–Kier alpha value is -2.10. The molecule has 0 aromatic heterocycles. The van der Waals surface area contributed by atoms with E-state index in [1.165, 1.54) is 0 Å². The number of rotatable bonds is 4. The van der Waals surface area contributed by atoms with Gasteiger partial charge in [-0.15, -0.1) is 0 Å². The maximum Gasteiger partial charge on any atom is 0.307 e. The minimum Gasteiger partial charge on any atom is -0.481 e. The molecule has 4 nitrogen and oxygen atoms in total. The summed E-state index contributed by atoms with van der Waals surface area (Å²) in [4.78, 5) is 23.8. The van der Waals surface area contributed by atoms with Gasteiger partial charge in [-0.05, 0) is 44.7 Å². The van der Waals surface area contributed by atoms with E-state index in [1.54, 1.807) is 0 Å². The predicted molar refractivity (Wildman–Crippen MR) is 85.5 cm³/mol. The van der Waals surface area contributed by atoms with Crippen LogP contribution in [-0.4, -0.2) is 17.0 Å². The Labute approximate surface area is 131 Å². The maximum atomic E-state index is 12.5. The number of benzene rings is 1. The number of carbonyl (C=O) groups excluding carboxylic acids is 1. The number of nitrogens with one attached hydrogen (secondary N) is 1. The summed E-state index contributed by atoms with van der Waals surface area (Å²) in [5.41, 5.74) is 3.34. The lowest BCUT2D eigenvalue weighted by molar-refractivity contribution is -0.147. The molecule has 0 saturated heterocycles. The van der Waals surface area contributed by atoms with Crippen molar-refractivity contribution >= 4 is 11.9 Å². The minimum atomic E-state index is -0.899. The summed E-state index contributed by atoms with van der Waals surface area (Å²) in [5, 5.41) is 12.3. The van der Waals surface area contributed by atoms with Crippen molar-refractivity contribution in [2.45, 2.75) is 39.7 Å². The highest BCUT2D eigenvalue weighted by Gasteiger charge is 2.34. The highest BCUT2D eigenvalue weighted by atomic mass is 16.4. The normalized spacial score (nSPS) is 22.1. The van der Waals surface area contributed by atoms with E-state index in [4.69, 9.17) is 0 Å². The third-order valence-electron chi connectivity index (χ3n) is 4.35. The topological polar surface area (TPSA) is 66.4 Å². The Balaban J connectivity index is 2.12. The molecule has 0 saturated carbocycles. The zero-order chi connectivity index (χ0) is 16.3. The monoisotopic (exact) mass is 301 g/mol. The van der Waals surface area contributed by atoms with E-state index in [2.05, 4.69) is 11.4 Å². The molecule has 1 aromatic carbocycles. The number of carbonyl (C=O) groups is 2. The number of carboxylic acids is 1. The first-order valence-electron chi connectivity index (χ1n) is 7.65. The van der Waals surface area contributed by atoms with E-state index in [0.717, 1.165) is 16.7 Å². The van der Waals surface area contributed by atoms with Crippen molar-refractivity contribution in [3.8, 4) is 0 Å². The van der Waals surface area contributed by atoms with Gasteiger partial charge in [0.15, 0.2) is 0 Å². The molecule has 0 unspecified atom stereocenters. The van der Waals surface area contributed by atoms with Crippen molar-refractivity contribution in [3.05, 3.63) is 47.0 Å². The van der Waals surface area contributed by atoms with Crippen LogP contribution in [0.1, 0.15) is 42.5 Å². The summed E-state index contributed by atoms with van der Waals surface area (Å²) >= 11 is 0. The molecule has 22 heavy (non-hydrogen) atoms. The zero-order valence-corrected chi connectivity index (χ0v) is 13.3. The summed E-state index contributed by atoms with van der Waals surface area (Å²) in [5.74, 6) is -2.19. The summed E-state index contributed by atoms with van der Waals surface area (Å²) < 4.78 is 0.